The Balaban J connectivity index is 2.02. The molecule has 2 aromatic heterocycles. The highest BCUT2D eigenvalue weighted by Gasteiger charge is 2.14. The molecule has 0 aliphatic carbocycles. The van der Waals surface area contributed by atoms with Crippen molar-refractivity contribution in [2.24, 2.45) is 0 Å². The van der Waals surface area contributed by atoms with Crippen LogP contribution < -0.4 is 5.32 Å². The van der Waals surface area contributed by atoms with Crippen LogP contribution in [0.3, 0.4) is 0 Å². The minimum Gasteiger partial charge on any atom is -0.362 e. The van der Waals surface area contributed by atoms with Gasteiger partial charge in [0, 0.05) is 25.0 Å². The summed E-state index contributed by atoms with van der Waals surface area (Å²) in [6, 6.07) is 1.49. The van der Waals surface area contributed by atoms with Crippen LogP contribution >= 0.6 is 0 Å². The summed E-state index contributed by atoms with van der Waals surface area (Å²) in [5, 5.41) is 21.2. The van der Waals surface area contributed by atoms with Crippen molar-refractivity contribution in [2.75, 3.05) is 11.9 Å². The number of rotatable bonds is 5. The topological polar surface area (TPSA) is 98.8 Å². The molecule has 18 heavy (non-hydrogen) atoms. The lowest BCUT2D eigenvalue weighted by atomic mass is 10.3. The van der Waals surface area contributed by atoms with Gasteiger partial charge in [0.2, 0.25) is 5.82 Å². The first-order chi connectivity index (χ1) is 8.66. The number of anilines is 1. The summed E-state index contributed by atoms with van der Waals surface area (Å²) in [6.07, 6.45) is 4.88. The summed E-state index contributed by atoms with van der Waals surface area (Å²) >= 11 is 0. The minimum absolute atomic E-state index is 0.0198. The highest BCUT2D eigenvalue weighted by atomic mass is 16.6. The van der Waals surface area contributed by atoms with Crippen molar-refractivity contribution >= 4 is 11.5 Å². The predicted molar refractivity (Wildman–Crippen MR) is 64.1 cm³/mol. The molecule has 0 fully saturated rings. The van der Waals surface area contributed by atoms with Crippen molar-refractivity contribution in [2.45, 2.75) is 13.5 Å². The molecule has 0 aliphatic rings. The maximum atomic E-state index is 10.9. The number of aryl methyl sites for hydroxylation is 1. The molecule has 0 unspecified atom stereocenters. The second-order valence-electron chi connectivity index (χ2n) is 3.73. The van der Waals surface area contributed by atoms with Gasteiger partial charge >= 0.3 is 5.69 Å². The van der Waals surface area contributed by atoms with Crippen LogP contribution in [0.5, 0.6) is 0 Å². The van der Waals surface area contributed by atoms with Gasteiger partial charge in [0.1, 0.15) is 0 Å². The van der Waals surface area contributed by atoms with Crippen LogP contribution in [0.25, 0.3) is 0 Å². The van der Waals surface area contributed by atoms with E-state index in [1.165, 1.54) is 6.07 Å². The first-order valence-corrected chi connectivity index (χ1v) is 5.36. The average molecular weight is 248 g/mol. The Morgan fingerprint density at radius 2 is 2.39 bits per heavy atom. The zero-order valence-electron chi connectivity index (χ0n) is 9.78. The van der Waals surface area contributed by atoms with Crippen LogP contribution in [0.4, 0.5) is 11.5 Å². The van der Waals surface area contributed by atoms with Crippen LogP contribution in [-0.4, -0.2) is 31.4 Å². The number of pyridine rings is 1. The van der Waals surface area contributed by atoms with Crippen molar-refractivity contribution in [1.29, 1.82) is 0 Å². The van der Waals surface area contributed by atoms with Crippen molar-refractivity contribution < 1.29 is 4.92 Å². The van der Waals surface area contributed by atoms with E-state index in [2.05, 4.69) is 20.6 Å². The summed E-state index contributed by atoms with van der Waals surface area (Å²) < 4.78 is 1.63. The summed E-state index contributed by atoms with van der Waals surface area (Å²) in [6.45, 7) is 2.81. The van der Waals surface area contributed by atoms with Gasteiger partial charge < -0.3 is 5.32 Å². The number of hydrogen-bond acceptors (Lipinski definition) is 6. The number of nitrogens with one attached hydrogen (secondary N) is 1. The third-order valence-corrected chi connectivity index (χ3v) is 2.31. The lowest BCUT2D eigenvalue weighted by Gasteiger charge is -2.06. The SMILES string of the molecule is Cc1cnc(NCCn2ccnn2)c([N+](=O)[O-])c1. The number of nitrogens with zero attached hydrogens (tertiary/aromatic N) is 5. The third-order valence-electron chi connectivity index (χ3n) is 2.31. The zero-order chi connectivity index (χ0) is 13.0. The lowest BCUT2D eigenvalue weighted by molar-refractivity contribution is -0.384. The molecule has 0 aromatic carbocycles. The largest absolute Gasteiger partial charge is 0.362 e. The smallest absolute Gasteiger partial charge is 0.311 e. The zero-order valence-corrected chi connectivity index (χ0v) is 9.78. The van der Waals surface area contributed by atoms with E-state index < -0.39 is 4.92 Å². The highest BCUT2D eigenvalue weighted by molar-refractivity contribution is 5.56. The van der Waals surface area contributed by atoms with Crippen LogP contribution in [0, 0.1) is 17.0 Å². The molecule has 2 rings (SSSR count). The van der Waals surface area contributed by atoms with Gasteiger partial charge in [0.05, 0.1) is 17.7 Å². The fraction of sp³-hybridized carbons (Fsp3) is 0.300. The van der Waals surface area contributed by atoms with Gasteiger partial charge in [-0.25, -0.2) is 4.98 Å². The number of nitro groups is 1. The van der Waals surface area contributed by atoms with E-state index in [9.17, 15) is 10.1 Å². The monoisotopic (exact) mass is 248 g/mol. The van der Waals surface area contributed by atoms with Gasteiger partial charge in [-0.2, -0.15) is 0 Å². The molecule has 0 saturated heterocycles. The number of hydrogen-bond donors (Lipinski definition) is 1. The van der Waals surface area contributed by atoms with Crippen LogP contribution in [0.2, 0.25) is 0 Å². The molecule has 8 heteroatoms. The van der Waals surface area contributed by atoms with Crippen LogP contribution in [0.15, 0.2) is 24.7 Å². The van der Waals surface area contributed by atoms with E-state index in [-0.39, 0.29) is 11.5 Å². The molecule has 0 spiro atoms. The minimum atomic E-state index is -0.447. The fourth-order valence-corrected chi connectivity index (χ4v) is 1.47. The molecule has 8 nitrogen and oxygen atoms in total. The Bertz CT molecular complexity index is 539. The van der Waals surface area contributed by atoms with E-state index >= 15 is 0 Å². The Labute approximate surface area is 103 Å². The molecule has 1 N–H and O–H groups in total. The second-order valence-corrected chi connectivity index (χ2v) is 3.73. The molecule has 0 saturated carbocycles. The van der Waals surface area contributed by atoms with Gasteiger partial charge in [-0.15, -0.1) is 5.10 Å². The summed E-state index contributed by atoms with van der Waals surface area (Å²) in [7, 11) is 0. The first-order valence-electron chi connectivity index (χ1n) is 5.36. The van der Waals surface area contributed by atoms with E-state index in [4.69, 9.17) is 0 Å². The molecular weight excluding hydrogens is 236 g/mol. The Kier molecular flexibility index (Phi) is 3.46. The first kappa shape index (κ1) is 12.0. The molecule has 2 heterocycles. The summed E-state index contributed by atoms with van der Waals surface area (Å²) in [4.78, 5) is 14.4. The molecule has 0 amide bonds. The van der Waals surface area contributed by atoms with Crippen LogP contribution in [-0.2, 0) is 6.54 Å². The standard InChI is InChI=1S/C10H12N6O2/c1-8-6-9(16(17)18)10(12-7-8)11-2-4-15-5-3-13-14-15/h3,5-7H,2,4H2,1H3,(H,11,12). The molecule has 0 radical (unpaired) electrons. The van der Waals surface area contributed by atoms with Crippen molar-refractivity contribution in [1.82, 2.24) is 20.0 Å². The maximum absolute atomic E-state index is 10.9. The molecule has 0 aliphatic heterocycles. The van der Waals surface area contributed by atoms with E-state index in [0.717, 1.165) is 5.56 Å². The third kappa shape index (κ3) is 2.78. The molecule has 0 bridgehead atoms. The number of aromatic nitrogens is 4. The highest BCUT2D eigenvalue weighted by Crippen LogP contribution is 2.21. The Morgan fingerprint density at radius 3 is 3.06 bits per heavy atom. The second kappa shape index (κ2) is 5.21. The lowest BCUT2D eigenvalue weighted by Crippen LogP contribution is -2.13. The van der Waals surface area contributed by atoms with E-state index in [0.29, 0.717) is 13.1 Å². The Hall–Kier alpha value is -2.51. The summed E-state index contributed by atoms with van der Waals surface area (Å²) in [5.74, 6) is 0.269. The van der Waals surface area contributed by atoms with Gasteiger partial charge in [0.15, 0.2) is 0 Å². The van der Waals surface area contributed by atoms with Crippen molar-refractivity contribution in [3.8, 4) is 0 Å². The van der Waals surface area contributed by atoms with Crippen molar-refractivity contribution in [3.63, 3.8) is 0 Å². The maximum Gasteiger partial charge on any atom is 0.311 e. The molecular formula is C10H12N6O2. The molecule has 94 valence electrons. The van der Waals surface area contributed by atoms with E-state index in [1.54, 1.807) is 30.2 Å². The normalized spacial score (nSPS) is 10.3. The average Bonchev–Trinajstić information content (AvgIpc) is 2.84. The molecule has 2 aromatic rings. The van der Waals surface area contributed by atoms with E-state index in [1.807, 2.05) is 0 Å². The summed E-state index contributed by atoms with van der Waals surface area (Å²) in [5.41, 5.74) is 0.733. The van der Waals surface area contributed by atoms with Gasteiger partial charge in [-0.05, 0) is 12.5 Å². The van der Waals surface area contributed by atoms with Gasteiger partial charge in [0.25, 0.3) is 0 Å². The van der Waals surface area contributed by atoms with Gasteiger partial charge in [-0.1, -0.05) is 5.21 Å². The predicted octanol–water partition coefficient (Wildman–Crippen LogP) is 1.00. The Morgan fingerprint density at radius 1 is 1.56 bits per heavy atom. The van der Waals surface area contributed by atoms with Crippen molar-refractivity contribution in [3.05, 3.63) is 40.3 Å². The van der Waals surface area contributed by atoms with Gasteiger partial charge in [-0.3, -0.25) is 14.8 Å². The fourth-order valence-electron chi connectivity index (χ4n) is 1.47. The van der Waals surface area contributed by atoms with Crippen LogP contribution in [0.1, 0.15) is 5.56 Å². The molecule has 0 atom stereocenters. The quantitative estimate of drug-likeness (QED) is 0.626.